The number of imidazole rings is 1. The Morgan fingerprint density at radius 2 is 2.40 bits per heavy atom. The lowest BCUT2D eigenvalue weighted by atomic mass is 10.2. The smallest absolute Gasteiger partial charge is 0.319 e. The molecule has 3 rings (SSSR count). The van der Waals surface area contributed by atoms with Crippen LogP contribution in [0.5, 0.6) is 5.75 Å². The van der Waals surface area contributed by atoms with E-state index in [0.717, 1.165) is 19.4 Å². The van der Waals surface area contributed by atoms with Crippen LogP contribution >= 0.6 is 0 Å². The van der Waals surface area contributed by atoms with E-state index in [2.05, 4.69) is 15.6 Å². The van der Waals surface area contributed by atoms with E-state index in [9.17, 15) is 9.18 Å². The van der Waals surface area contributed by atoms with Gasteiger partial charge in [0.25, 0.3) is 0 Å². The normalized spacial score (nSPS) is 16.6. The third kappa shape index (κ3) is 5.18. The zero-order valence-electron chi connectivity index (χ0n) is 13.8. The number of nitrogens with one attached hydrogen (secondary N) is 2. The van der Waals surface area contributed by atoms with Crippen molar-refractivity contribution in [2.24, 2.45) is 0 Å². The van der Waals surface area contributed by atoms with Crippen molar-refractivity contribution in [1.29, 1.82) is 0 Å². The summed E-state index contributed by atoms with van der Waals surface area (Å²) in [7, 11) is 0. The number of urea groups is 1. The Hall–Kier alpha value is -2.61. The number of carbonyl (C=O) groups is 1. The van der Waals surface area contributed by atoms with E-state index in [4.69, 9.17) is 9.47 Å². The van der Waals surface area contributed by atoms with Gasteiger partial charge in [-0.2, -0.15) is 0 Å². The predicted molar refractivity (Wildman–Crippen MR) is 90.1 cm³/mol. The molecule has 1 aliphatic rings. The Bertz CT molecular complexity index is 687. The molecule has 2 heterocycles. The SMILES string of the molecule is O=C(NCCn1ccnc1)Nc1cc(F)ccc1OC[C@H]1CCCO1. The minimum Gasteiger partial charge on any atom is -0.489 e. The van der Waals surface area contributed by atoms with Crippen molar-refractivity contribution in [2.75, 3.05) is 25.1 Å². The van der Waals surface area contributed by atoms with Crippen LogP contribution in [0, 0.1) is 5.82 Å². The summed E-state index contributed by atoms with van der Waals surface area (Å²) in [6, 6.07) is 3.62. The Morgan fingerprint density at radius 3 is 3.16 bits per heavy atom. The second-order valence-corrected chi connectivity index (χ2v) is 5.77. The van der Waals surface area contributed by atoms with Gasteiger partial charge in [0.05, 0.1) is 18.1 Å². The average Bonchev–Trinajstić information content (AvgIpc) is 3.27. The predicted octanol–water partition coefficient (Wildman–Crippen LogP) is 2.40. The van der Waals surface area contributed by atoms with Gasteiger partial charge >= 0.3 is 6.03 Å². The summed E-state index contributed by atoms with van der Waals surface area (Å²) in [5.41, 5.74) is 0.290. The van der Waals surface area contributed by atoms with Gasteiger partial charge in [0, 0.05) is 38.2 Å². The number of benzene rings is 1. The molecule has 25 heavy (non-hydrogen) atoms. The lowest BCUT2D eigenvalue weighted by Crippen LogP contribution is -2.31. The molecule has 1 aromatic carbocycles. The van der Waals surface area contributed by atoms with Crippen molar-refractivity contribution >= 4 is 11.7 Å². The summed E-state index contributed by atoms with van der Waals surface area (Å²) >= 11 is 0. The molecule has 0 bridgehead atoms. The fraction of sp³-hybridized carbons (Fsp3) is 0.412. The van der Waals surface area contributed by atoms with Gasteiger partial charge in [-0.1, -0.05) is 0 Å². The number of hydrogen-bond acceptors (Lipinski definition) is 4. The van der Waals surface area contributed by atoms with Gasteiger partial charge in [0.1, 0.15) is 18.2 Å². The first kappa shape index (κ1) is 17.2. The Morgan fingerprint density at radius 1 is 1.48 bits per heavy atom. The van der Waals surface area contributed by atoms with E-state index in [1.54, 1.807) is 12.5 Å². The third-order valence-electron chi connectivity index (χ3n) is 3.85. The van der Waals surface area contributed by atoms with Crippen LogP contribution in [-0.4, -0.2) is 41.4 Å². The maximum atomic E-state index is 13.5. The molecular weight excluding hydrogens is 327 g/mol. The maximum absolute atomic E-state index is 13.5. The highest BCUT2D eigenvalue weighted by Crippen LogP contribution is 2.26. The van der Waals surface area contributed by atoms with Gasteiger partial charge in [-0.3, -0.25) is 0 Å². The molecule has 1 aromatic heterocycles. The molecule has 0 saturated carbocycles. The lowest BCUT2D eigenvalue weighted by molar-refractivity contribution is 0.0682. The highest BCUT2D eigenvalue weighted by molar-refractivity contribution is 5.90. The molecule has 2 aromatic rings. The summed E-state index contributed by atoms with van der Waals surface area (Å²) in [5.74, 6) is -0.0279. The van der Waals surface area contributed by atoms with E-state index < -0.39 is 11.8 Å². The third-order valence-corrected chi connectivity index (χ3v) is 3.85. The second kappa shape index (κ2) is 8.48. The van der Waals surface area contributed by atoms with Gasteiger partial charge in [-0.15, -0.1) is 0 Å². The molecule has 134 valence electrons. The Balaban J connectivity index is 1.52. The van der Waals surface area contributed by atoms with Gasteiger partial charge in [-0.05, 0) is 25.0 Å². The molecule has 2 N–H and O–H groups in total. The minimum atomic E-state index is -0.446. The summed E-state index contributed by atoms with van der Waals surface area (Å²) in [4.78, 5) is 15.9. The van der Waals surface area contributed by atoms with E-state index in [1.807, 2.05) is 10.8 Å². The van der Waals surface area contributed by atoms with Crippen LogP contribution in [0.1, 0.15) is 12.8 Å². The second-order valence-electron chi connectivity index (χ2n) is 5.77. The lowest BCUT2D eigenvalue weighted by Gasteiger charge is -2.15. The van der Waals surface area contributed by atoms with E-state index in [-0.39, 0.29) is 11.8 Å². The van der Waals surface area contributed by atoms with E-state index in [0.29, 0.717) is 25.4 Å². The highest BCUT2D eigenvalue weighted by Gasteiger charge is 2.17. The zero-order chi connectivity index (χ0) is 17.5. The van der Waals surface area contributed by atoms with Gasteiger partial charge < -0.3 is 24.7 Å². The highest BCUT2D eigenvalue weighted by atomic mass is 19.1. The molecule has 8 heteroatoms. The number of amides is 2. The van der Waals surface area contributed by atoms with Crippen LogP contribution in [0.25, 0.3) is 0 Å². The summed E-state index contributed by atoms with van der Waals surface area (Å²) in [6.45, 7) is 2.13. The molecule has 7 nitrogen and oxygen atoms in total. The standard InChI is InChI=1S/C17H21FN4O3/c18-13-3-4-16(25-11-14-2-1-9-24-14)15(10-13)21-17(23)20-6-8-22-7-5-19-12-22/h3-5,7,10,12,14H,1-2,6,8-9,11H2,(H2,20,21,23)/t14-/m1/s1. The molecule has 1 atom stereocenters. The van der Waals surface area contributed by atoms with E-state index in [1.165, 1.54) is 18.2 Å². The van der Waals surface area contributed by atoms with Crippen molar-refractivity contribution in [3.63, 3.8) is 0 Å². The molecular formula is C17H21FN4O3. The Labute approximate surface area is 145 Å². The number of carbonyl (C=O) groups excluding carboxylic acids is 1. The summed E-state index contributed by atoms with van der Waals surface area (Å²) in [6.07, 6.45) is 7.15. The molecule has 1 saturated heterocycles. The first-order valence-electron chi connectivity index (χ1n) is 8.25. The number of nitrogens with zero attached hydrogens (tertiary/aromatic N) is 2. The number of ether oxygens (including phenoxy) is 2. The van der Waals surface area contributed by atoms with E-state index >= 15 is 0 Å². The minimum absolute atomic E-state index is 0.0434. The molecule has 0 radical (unpaired) electrons. The fourth-order valence-corrected chi connectivity index (χ4v) is 2.57. The summed E-state index contributed by atoms with van der Waals surface area (Å²) in [5, 5.41) is 5.34. The Kier molecular flexibility index (Phi) is 5.84. The van der Waals surface area contributed by atoms with Crippen LogP contribution in [0.4, 0.5) is 14.9 Å². The van der Waals surface area contributed by atoms with Gasteiger partial charge in [-0.25, -0.2) is 14.2 Å². The van der Waals surface area contributed by atoms with Crippen LogP contribution < -0.4 is 15.4 Å². The number of hydrogen-bond donors (Lipinski definition) is 2. The molecule has 2 amide bonds. The number of rotatable bonds is 7. The zero-order valence-corrected chi connectivity index (χ0v) is 13.8. The quantitative estimate of drug-likeness (QED) is 0.805. The topological polar surface area (TPSA) is 77.4 Å². The molecule has 0 unspecified atom stereocenters. The molecule has 1 fully saturated rings. The van der Waals surface area contributed by atoms with Crippen molar-refractivity contribution in [2.45, 2.75) is 25.5 Å². The first-order chi connectivity index (χ1) is 12.2. The molecule has 0 spiro atoms. The van der Waals surface area contributed by atoms with Crippen molar-refractivity contribution < 1.29 is 18.7 Å². The average molecular weight is 348 g/mol. The van der Waals surface area contributed by atoms with Crippen LogP contribution in [0.3, 0.4) is 0 Å². The fourth-order valence-electron chi connectivity index (χ4n) is 2.57. The van der Waals surface area contributed by atoms with Crippen molar-refractivity contribution in [1.82, 2.24) is 14.9 Å². The monoisotopic (exact) mass is 348 g/mol. The largest absolute Gasteiger partial charge is 0.489 e. The van der Waals surface area contributed by atoms with Crippen molar-refractivity contribution in [3.05, 3.63) is 42.7 Å². The van der Waals surface area contributed by atoms with Gasteiger partial charge in [0.2, 0.25) is 0 Å². The maximum Gasteiger partial charge on any atom is 0.319 e. The van der Waals surface area contributed by atoms with Crippen molar-refractivity contribution in [3.8, 4) is 5.75 Å². The first-order valence-corrected chi connectivity index (χ1v) is 8.25. The number of aromatic nitrogens is 2. The molecule has 1 aliphatic heterocycles. The van der Waals surface area contributed by atoms with Gasteiger partial charge in [0.15, 0.2) is 0 Å². The molecule has 0 aliphatic carbocycles. The van der Waals surface area contributed by atoms with Crippen LogP contribution in [0.2, 0.25) is 0 Å². The van der Waals surface area contributed by atoms with Crippen LogP contribution in [0.15, 0.2) is 36.9 Å². The number of anilines is 1. The number of halogens is 1. The van der Waals surface area contributed by atoms with Crippen LogP contribution in [-0.2, 0) is 11.3 Å². The summed E-state index contributed by atoms with van der Waals surface area (Å²) < 4.78 is 26.6.